The van der Waals surface area contributed by atoms with Crippen LogP contribution in [0.15, 0.2) is 66.7 Å². The average molecular weight is 397 g/mol. The maximum absolute atomic E-state index is 6.09. The summed E-state index contributed by atoms with van der Waals surface area (Å²) in [5, 5.41) is 11.1. The monoisotopic (exact) mass is 397 g/mol. The smallest absolute Gasteiger partial charge is 0.161 e. The lowest BCUT2D eigenvalue weighted by atomic mass is 10.1. The first-order chi connectivity index (χ1) is 14.7. The first kappa shape index (κ1) is 18.3. The maximum Gasteiger partial charge on any atom is 0.161 e. The van der Waals surface area contributed by atoms with Crippen LogP contribution in [0.1, 0.15) is 22.3 Å². The van der Waals surface area contributed by atoms with E-state index in [-0.39, 0.29) is 0 Å². The van der Waals surface area contributed by atoms with Gasteiger partial charge in [0.25, 0.3) is 0 Å². The van der Waals surface area contributed by atoms with Crippen LogP contribution in [-0.2, 0) is 13.0 Å². The summed E-state index contributed by atoms with van der Waals surface area (Å²) in [5.74, 6) is 2.34. The van der Waals surface area contributed by atoms with Gasteiger partial charge in [0, 0.05) is 23.2 Å². The predicted octanol–water partition coefficient (Wildman–Crippen LogP) is 5.62. The molecule has 5 heteroatoms. The molecule has 1 aliphatic rings. The van der Waals surface area contributed by atoms with E-state index in [1.807, 2.05) is 30.3 Å². The molecule has 0 saturated carbocycles. The van der Waals surface area contributed by atoms with Crippen LogP contribution < -0.4 is 14.8 Å². The normalized spacial score (nSPS) is 11.7. The van der Waals surface area contributed by atoms with Crippen LogP contribution in [0.3, 0.4) is 0 Å². The Morgan fingerprint density at radius 3 is 2.67 bits per heavy atom. The van der Waals surface area contributed by atoms with Crippen molar-refractivity contribution >= 4 is 11.5 Å². The van der Waals surface area contributed by atoms with Crippen molar-refractivity contribution in [3.05, 3.63) is 89.0 Å². The standard InChI is InChI=1S/C25H23N3O2/c1-16-7-6-10-19(11-16)26-25-21-12-18-13-23(30-15-17-8-4-3-5-9-17)22(29-2)14-20(18)24(21)27-28-25/h3-11,13-14H,12,15H2,1-2H3,(H2,26,27,28). The highest BCUT2D eigenvalue weighted by Gasteiger charge is 2.27. The van der Waals surface area contributed by atoms with Gasteiger partial charge in [0.1, 0.15) is 6.61 Å². The highest BCUT2D eigenvalue weighted by Crippen LogP contribution is 2.44. The molecular formula is C25H23N3O2. The van der Waals surface area contributed by atoms with Gasteiger partial charge in [0.05, 0.1) is 12.8 Å². The first-order valence-corrected chi connectivity index (χ1v) is 10.00. The Kier molecular flexibility index (Phi) is 4.64. The molecule has 5 nitrogen and oxygen atoms in total. The van der Waals surface area contributed by atoms with Gasteiger partial charge in [0.15, 0.2) is 17.3 Å². The molecule has 0 radical (unpaired) electrons. The Balaban J connectivity index is 1.42. The van der Waals surface area contributed by atoms with Gasteiger partial charge in [-0.05, 0) is 47.9 Å². The number of methoxy groups -OCH3 is 1. The summed E-state index contributed by atoms with van der Waals surface area (Å²) < 4.78 is 11.7. The molecule has 0 spiro atoms. The van der Waals surface area contributed by atoms with Crippen LogP contribution in [0, 0.1) is 6.92 Å². The molecule has 0 saturated heterocycles. The Hall–Kier alpha value is -3.73. The minimum Gasteiger partial charge on any atom is -0.493 e. The van der Waals surface area contributed by atoms with Crippen LogP contribution in [-0.4, -0.2) is 17.3 Å². The van der Waals surface area contributed by atoms with E-state index in [1.165, 1.54) is 11.1 Å². The zero-order valence-electron chi connectivity index (χ0n) is 17.0. The number of rotatable bonds is 6. The Bertz CT molecular complexity index is 1200. The predicted molar refractivity (Wildman–Crippen MR) is 119 cm³/mol. The molecule has 4 aromatic rings. The maximum atomic E-state index is 6.09. The van der Waals surface area contributed by atoms with Gasteiger partial charge in [0.2, 0.25) is 0 Å². The quantitative estimate of drug-likeness (QED) is 0.390. The van der Waals surface area contributed by atoms with E-state index in [1.54, 1.807) is 7.11 Å². The number of nitrogens with one attached hydrogen (secondary N) is 2. The van der Waals surface area contributed by atoms with Crippen molar-refractivity contribution in [2.45, 2.75) is 20.0 Å². The number of aryl methyl sites for hydroxylation is 1. The fourth-order valence-corrected chi connectivity index (χ4v) is 3.90. The SMILES string of the molecule is COc1cc2c(cc1OCc1ccccc1)Cc1c(Nc3cccc(C)c3)n[nH]c1-2. The molecule has 1 aliphatic carbocycles. The van der Waals surface area contributed by atoms with Crippen molar-refractivity contribution in [1.29, 1.82) is 0 Å². The third-order valence-electron chi connectivity index (χ3n) is 5.41. The number of hydrogen-bond acceptors (Lipinski definition) is 4. The second-order valence-corrected chi connectivity index (χ2v) is 7.53. The molecule has 1 aromatic heterocycles. The Morgan fingerprint density at radius 1 is 1.00 bits per heavy atom. The summed E-state index contributed by atoms with van der Waals surface area (Å²) in [4.78, 5) is 0. The number of nitrogens with zero attached hydrogens (tertiary/aromatic N) is 1. The van der Waals surface area contributed by atoms with E-state index in [9.17, 15) is 0 Å². The van der Waals surface area contributed by atoms with Crippen LogP contribution in [0.4, 0.5) is 11.5 Å². The number of anilines is 2. The van der Waals surface area contributed by atoms with Gasteiger partial charge in [-0.2, -0.15) is 5.10 Å². The molecule has 0 aliphatic heterocycles. The molecule has 2 N–H and O–H groups in total. The molecule has 30 heavy (non-hydrogen) atoms. The van der Waals surface area contributed by atoms with Gasteiger partial charge in [-0.1, -0.05) is 42.5 Å². The van der Waals surface area contributed by atoms with Gasteiger partial charge in [-0.15, -0.1) is 0 Å². The summed E-state index contributed by atoms with van der Waals surface area (Å²) in [7, 11) is 1.67. The zero-order chi connectivity index (χ0) is 20.5. The van der Waals surface area contributed by atoms with Crippen molar-refractivity contribution in [2.75, 3.05) is 12.4 Å². The summed E-state index contributed by atoms with van der Waals surface area (Å²) >= 11 is 0. The van der Waals surface area contributed by atoms with Crippen molar-refractivity contribution < 1.29 is 9.47 Å². The number of aromatic nitrogens is 2. The molecule has 0 atom stereocenters. The number of ether oxygens (including phenoxy) is 2. The Labute approximate surface area is 175 Å². The van der Waals surface area contributed by atoms with Gasteiger partial charge in [-0.25, -0.2) is 0 Å². The molecule has 3 aromatic carbocycles. The fraction of sp³-hybridized carbons (Fsp3) is 0.160. The van der Waals surface area contributed by atoms with E-state index < -0.39 is 0 Å². The Morgan fingerprint density at radius 2 is 1.87 bits per heavy atom. The highest BCUT2D eigenvalue weighted by molar-refractivity contribution is 5.81. The summed E-state index contributed by atoms with van der Waals surface area (Å²) in [6.45, 7) is 2.59. The van der Waals surface area contributed by atoms with Crippen LogP contribution in [0.2, 0.25) is 0 Å². The second kappa shape index (κ2) is 7.59. The molecule has 5 rings (SSSR count). The van der Waals surface area contributed by atoms with Crippen molar-refractivity contribution in [1.82, 2.24) is 10.2 Å². The third-order valence-corrected chi connectivity index (χ3v) is 5.41. The van der Waals surface area contributed by atoms with Crippen LogP contribution >= 0.6 is 0 Å². The fourth-order valence-electron chi connectivity index (χ4n) is 3.90. The summed E-state index contributed by atoms with van der Waals surface area (Å²) in [5.41, 5.74) is 7.87. The minimum absolute atomic E-state index is 0.503. The van der Waals surface area contributed by atoms with Gasteiger partial charge >= 0.3 is 0 Å². The molecule has 150 valence electrons. The molecule has 0 amide bonds. The number of hydrogen-bond donors (Lipinski definition) is 2. The second-order valence-electron chi connectivity index (χ2n) is 7.53. The lowest BCUT2D eigenvalue weighted by Crippen LogP contribution is -1.99. The lowest BCUT2D eigenvalue weighted by Gasteiger charge is -2.13. The zero-order valence-corrected chi connectivity index (χ0v) is 17.0. The molecule has 0 bridgehead atoms. The molecule has 1 heterocycles. The van der Waals surface area contributed by atoms with Crippen LogP contribution in [0.25, 0.3) is 11.3 Å². The van der Waals surface area contributed by atoms with E-state index in [0.717, 1.165) is 51.8 Å². The summed E-state index contributed by atoms with van der Waals surface area (Å²) in [6, 6.07) is 22.6. The molecular weight excluding hydrogens is 374 g/mol. The number of fused-ring (bicyclic) bond motifs is 3. The lowest BCUT2D eigenvalue weighted by molar-refractivity contribution is 0.284. The van der Waals surface area contributed by atoms with Crippen molar-refractivity contribution in [3.63, 3.8) is 0 Å². The first-order valence-electron chi connectivity index (χ1n) is 10.00. The van der Waals surface area contributed by atoms with E-state index in [4.69, 9.17) is 9.47 Å². The highest BCUT2D eigenvalue weighted by atomic mass is 16.5. The molecule has 0 fully saturated rings. The van der Waals surface area contributed by atoms with E-state index >= 15 is 0 Å². The number of H-pyrrole nitrogens is 1. The number of aromatic amines is 1. The topological polar surface area (TPSA) is 59.2 Å². The van der Waals surface area contributed by atoms with E-state index in [0.29, 0.717) is 6.61 Å². The average Bonchev–Trinajstić information content (AvgIpc) is 3.31. The molecule has 0 unspecified atom stereocenters. The van der Waals surface area contributed by atoms with Gasteiger partial charge in [-0.3, -0.25) is 5.10 Å². The minimum atomic E-state index is 0.503. The van der Waals surface area contributed by atoms with Gasteiger partial charge < -0.3 is 14.8 Å². The largest absolute Gasteiger partial charge is 0.493 e. The number of benzene rings is 3. The third kappa shape index (κ3) is 3.39. The van der Waals surface area contributed by atoms with E-state index in [2.05, 4.69) is 58.8 Å². The van der Waals surface area contributed by atoms with Crippen LogP contribution in [0.5, 0.6) is 11.5 Å². The van der Waals surface area contributed by atoms with Crippen molar-refractivity contribution in [3.8, 4) is 22.8 Å². The summed E-state index contributed by atoms with van der Waals surface area (Å²) in [6.07, 6.45) is 0.793. The van der Waals surface area contributed by atoms with Crippen molar-refractivity contribution in [2.24, 2.45) is 0 Å².